The van der Waals surface area contributed by atoms with E-state index in [2.05, 4.69) is 12.2 Å². The largest absolute Gasteiger partial charge is 0.344 e. The normalized spacial score (nSPS) is 33.6. The number of hydrogen-bond donors (Lipinski definition) is 2. The number of amides is 2. The molecule has 3 N–H and O–H groups in total. The zero-order valence-electron chi connectivity index (χ0n) is 10.3. The molecule has 2 saturated heterocycles. The van der Waals surface area contributed by atoms with E-state index in [0.717, 1.165) is 19.3 Å². The minimum absolute atomic E-state index is 0.0164. The van der Waals surface area contributed by atoms with Gasteiger partial charge in [0.2, 0.25) is 11.8 Å². The summed E-state index contributed by atoms with van der Waals surface area (Å²) < 4.78 is 0. The van der Waals surface area contributed by atoms with Crippen molar-refractivity contribution in [3.05, 3.63) is 0 Å². The van der Waals surface area contributed by atoms with Gasteiger partial charge in [0.25, 0.3) is 0 Å². The van der Waals surface area contributed by atoms with Gasteiger partial charge in [-0.05, 0) is 32.6 Å². The standard InChI is InChI=1S/C12H21N3O2/c1-8-3-2-4-9(7-13)15(8)12(17)10-5-6-11(16)14-10/h8-10H,2-7,13H2,1H3,(H,14,16)/t8?,9?,10-/m1/s1. The third-order valence-corrected chi connectivity index (χ3v) is 3.85. The third-order valence-electron chi connectivity index (χ3n) is 3.85. The van der Waals surface area contributed by atoms with Crippen LogP contribution >= 0.6 is 0 Å². The first-order valence-electron chi connectivity index (χ1n) is 6.45. The Kier molecular flexibility index (Phi) is 3.66. The summed E-state index contributed by atoms with van der Waals surface area (Å²) in [6, 6.07) is 0.0585. The summed E-state index contributed by atoms with van der Waals surface area (Å²) in [5.74, 6) is 0.0378. The number of rotatable bonds is 2. The Hall–Kier alpha value is -1.10. The number of likely N-dealkylation sites (tertiary alicyclic amines) is 1. The molecule has 2 aliphatic rings. The minimum Gasteiger partial charge on any atom is -0.344 e. The lowest BCUT2D eigenvalue weighted by Gasteiger charge is -2.41. The zero-order chi connectivity index (χ0) is 12.4. The summed E-state index contributed by atoms with van der Waals surface area (Å²) in [7, 11) is 0. The van der Waals surface area contributed by atoms with E-state index in [1.165, 1.54) is 0 Å². The molecule has 2 unspecified atom stereocenters. The van der Waals surface area contributed by atoms with Crippen LogP contribution in [0.25, 0.3) is 0 Å². The van der Waals surface area contributed by atoms with Crippen LogP contribution in [0.3, 0.4) is 0 Å². The molecule has 2 aliphatic heterocycles. The molecule has 2 fully saturated rings. The van der Waals surface area contributed by atoms with Crippen molar-refractivity contribution in [3.63, 3.8) is 0 Å². The van der Waals surface area contributed by atoms with Gasteiger partial charge in [0, 0.05) is 25.0 Å². The first-order valence-corrected chi connectivity index (χ1v) is 6.45. The van der Waals surface area contributed by atoms with E-state index < -0.39 is 0 Å². The van der Waals surface area contributed by atoms with Gasteiger partial charge in [0.15, 0.2) is 0 Å². The third kappa shape index (κ3) is 2.44. The molecule has 0 saturated carbocycles. The molecule has 2 rings (SSSR count). The van der Waals surface area contributed by atoms with Crippen LogP contribution in [-0.4, -0.2) is 41.4 Å². The van der Waals surface area contributed by atoms with Crippen molar-refractivity contribution in [3.8, 4) is 0 Å². The van der Waals surface area contributed by atoms with Crippen LogP contribution in [0.4, 0.5) is 0 Å². The van der Waals surface area contributed by atoms with Crippen molar-refractivity contribution >= 4 is 11.8 Å². The van der Waals surface area contributed by atoms with Crippen molar-refractivity contribution in [1.82, 2.24) is 10.2 Å². The average molecular weight is 239 g/mol. The van der Waals surface area contributed by atoms with E-state index in [9.17, 15) is 9.59 Å². The van der Waals surface area contributed by atoms with Gasteiger partial charge in [-0.1, -0.05) is 0 Å². The van der Waals surface area contributed by atoms with Gasteiger partial charge in [0.1, 0.15) is 6.04 Å². The lowest BCUT2D eigenvalue weighted by molar-refractivity contribution is -0.140. The molecule has 0 spiro atoms. The quantitative estimate of drug-likeness (QED) is 0.712. The Morgan fingerprint density at radius 2 is 2.24 bits per heavy atom. The number of nitrogens with two attached hydrogens (primary N) is 1. The van der Waals surface area contributed by atoms with Crippen LogP contribution in [0.1, 0.15) is 39.0 Å². The summed E-state index contributed by atoms with van der Waals surface area (Å²) in [6.45, 7) is 2.58. The van der Waals surface area contributed by atoms with Crippen LogP contribution in [-0.2, 0) is 9.59 Å². The molecular formula is C12H21N3O2. The highest BCUT2D eigenvalue weighted by atomic mass is 16.2. The first-order chi connectivity index (χ1) is 8.13. The molecule has 0 radical (unpaired) electrons. The highest BCUT2D eigenvalue weighted by Gasteiger charge is 2.37. The molecule has 0 aromatic carbocycles. The van der Waals surface area contributed by atoms with E-state index in [1.807, 2.05) is 4.90 Å². The number of hydrogen-bond acceptors (Lipinski definition) is 3. The molecule has 0 bridgehead atoms. The summed E-state index contributed by atoms with van der Waals surface area (Å²) in [5, 5.41) is 2.75. The summed E-state index contributed by atoms with van der Waals surface area (Å²) >= 11 is 0. The van der Waals surface area contributed by atoms with E-state index in [-0.39, 0.29) is 29.9 Å². The molecule has 5 nitrogen and oxygen atoms in total. The average Bonchev–Trinajstić information content (AvgIpc) is 2.74. The Morgan fingerprint density at radius 3 is 2.82 bits per heavy atom. The van der Waals surface area contributed by atoms with Crippen LogP contribution < -0.4 is 11.1 Å². The van der Waals surface area contributed by atoms with Crippen LogP contribution in [0, 0.1) is 0 Å². The molecule has 5 heteroatoms. The molecule has 96 valence electrons. The SMILES string of the molecule is CC1CCCC(CN)N1C(=O)[C@H]1CCC(=O)N1. The highest BCUT2D eigenvalue weighted by Crippen LogP contribution is 2.24. The Balaban J connectivity index is 2.07. The van der Waals surface area contributed by atoms with Gasteiger partial charge in [-0.15, -0.1) is 0 Å². The van der Waals surface area contributed by atoms with Crippen LogP contribution in [0.5, 0.6) is 0 Å². The van der Waals surface area contributed by atoms with Crippen molar-refractivity contribution in [2.45, 2.75) is 57.2 Å². The zero-order valence-corrected chi connectivity index (χ0v) is 10.3. The van der Waals surface area contributed by atoms with Crippen molar-refractivity contribution in [1.29, 1.82) is 0 Å². The maximum atomic E-state index is 12.4. The maximum Gasteiger partial charge on any atom is 0.245 e. The lowest BCUT2D eigenvalue weighted by atomic mass is 9.95. The van der Waals surface area contributed by atoms with Gasteiger partial charge in [-0.2, -0.15) is 0 Å². The molecule has 0 aromatic heterocycles. The predicted octanol–water partition coefficient (Wildman–Crippen LogP) is -0.00670. The van der Waals surface area contributed by atoms with Crippen molar-refractivity contribution in [2.75, 3.05) is 6.54 Å². The molecule has 17 heavy (non-hydrogen) atoms. The number of carbonyl (C=O) groups is 2. The smallest absolute Gasteiger partial charge is 0.245 e. The van der Waals surface area contributed by atoms with Crippen LogP contribution in [0.2, 0.25) is 0 Å². The maximum absolute atomic E-state index is 12.4. The fourth-order valence-corrected chi connectivity index (χ4v) is 2.89. The van der Waals surface area contributed by atoms with Crippen molar-refractivity contribution < 1.29 is 9.59 Å². The molecule has 2 heterocycles. The van der Waals surface area contributed by atoms with Gasteiger partial charge in [-0.25, -0.2) is 0 Å². The van der Waals surface area contributed by atoms with E-state index in [0.29, 0.717) is 19.4 Å². The molecule has 2 amide bonds. The van der Waals surface area contributed by atoms with E-state index in [1.54, 1.807) is 0 Å². The fourth-order valence-electron chi connectivity index (χ4n) is 2.89. The Labute approximate surface area is 102 Å². The number of nitrogens with one attached hydrogen (secondary N) is 1. The fraction of sp³-hybridized carbons (Fsp3) is 0.833. The predicted molar refractivity (Wildman–Crippen MR) is 64.2 cm³/mol. The monoisotopic (exact) mass is 239 g/mol. The van der Waals surface area contributed by atoms with Gasteiger partial charge in [0.05, 0.1) is 0 Å². The van der Waals surface area contributed by atoms with Crippen LogP contribution in [0.15, 0.2) is 0 Å². The first kappa shape index (κ1) is 12.4. The van der Waals surface area contributed by atoms with Gasteiger partial charge in [-0.3, -0.25) is 9.59 Å². The Morgan fingerprint density at radius 1 is 1.47 bits per heavy atom. The number of piperidine rings is 1. The summed E-state index contributed by atoms with van der Waals surface area (Å²) in [4.78, 5) is 25.5. The molecular weight excluding hydrogens is 218 g/mol. The summed E-state index contributed by atoms with van der Waals surface area (Å²) in [6.07, 6.45) is 4.23. The number of nitrogens with zero attached hydrogens (tertiary/aromatic N) is 1. The molecule has 0 aliphatic carbocycles. The molecule has 3 atom stereocenters. The van der Waals surface area contributed by atoms with E-state index >= 15 is 0 Å². The Bertz CT molecular complexity index is 319. The highest BCUT2D eigenvalue weighted by molar-refractivity contribution is 5.91. The summed E-state index contributed by atoms with van der Waals surface area (Å²) in [5.41, 5.74) is 5.74. The van der Waals surface area contributed by atoms with Crippen molar-refractivity contribution in [2.24, 2.45) is 5.73 Å². The molecule has 0 aromatic rings. The van der Waals surface area contributed by atoms with Gasteiger partial charge >= 0.3 is 0 Å². The minimum atomic E-state index is -0.322. The number of carbonyl (C=O) groups excluding carboxylic acids is 2. The van der Waals surface area contributed by atoms with Gasteiger partial charge < -0.3 is 16.0 Å². The lowest BCUT2D eigenvalue weighted by Crippen LogP contribution is -2.56. The topological polar surface area (TPSA) is 75.4 Å². The second kappa shape index (κ2) is 5.04. The van der Waals surface area contributed by atoms with E-state index in [4.69, 9.17) is 5.73 Å². The second-order valence-corrected chi connectivity index (χ2v) is 5.07. The second-order valence-electron chi connectivity index (χ2n) is 5.07.